The first-order valence-corrected chi connectivity index (χ1v) is 7.38. The van der Waals surface area contributed by atoms with E-state index in [0.717, 1.165) is 19.3 Å². The molecule has 2 fully saturated rings. The summed E-state index contributed by atoms with van der Waals surface area (Å²) < 4.78 is 5.31. The van der Waals surface area contributed by atoms with Gasteiger partial charge in [0.05, 0.1) is 0 Å². The van der Waals surface area contributed by atoms with Crippen LogP contribution in [0, 0.1) is 0 Å². The van der Waals surface area contributed by atoms with Crippen molar-refractivity contribution in [2.75, 3.05) is 26.8 Å². The van der Waals surface area contributed by atoms with E-state index in [4.69, 9.17) is 4.74 Å². The SMILES string of the molecule is CCC1(C(=O)O)CCCN1C(=O)N(C)C1CCOCC1. The molecule has 1 unspecified atom stereocenters. The van der Waals surface area contributed by atoms with E-state index in [-0.39, 0.29) is 12.1 Å². The van der Waals surface area contributed by atoms with Gasteiger partial charge in [0, 0.05) is 32.8 Å². The van der Waals surface area contributed by atoms with E-state index in [1.54, 1.807) is 16.8 Å². The van der Waals surface area contributed by atoms with Gasteiger partial charge in [-0.25, -0.2) is 9.59 Å². The lowest BCUT2D eigenvalue weighted by atomic mass is 9.93. The van der Waals surface area contributed by atoms with E-state index in [0.29, 0.717) is 32.6 Å². The molecule has 0 aromatic carbocycles. The molecule has 6 heteroatoms. The molecule has 1 atom stereocenters. The van der Waals surface area contributed by atoms with E-state index < -0.39 is 11.5 Å². The maximum absolute atomic E-state index is 12.7. The molecule has 2 aliphatic rings. The predicted octanol–water partition coefficient (Wildman–Crippen LogP) is 1.55. The van der Waals surface area contributed by atoms with Crippen molar-refractivity contribution >= 4 is 12.0 Å². The van der Waals surface area contributed by atoms with Crippen molar-refractivity contribution < 1.29 is 19.4 Å². The van der Waals surface area contributed by atoms with Gasteiger partial charge < -0.3 is 19.6 Å². The summed E-state index contributed by atoms with van der Waals surface area (Å²) in [6.45, 7) is 3.71. The maximum Gasteiger partial charge on any atom is 0.329 e. The number of carboxylic acid groups (broad SMARTS) is 1. The Morgan fingerprint density at radius 3 is 2.60 bits per heavy atom. The Balaban J connectivity index is 2.12. The molecule has 2 rings (SSSR count). The van der Waals surface area contributed by atoms with Crippen LogP contribution in [-0.2, 0) is 9.53 Å². The summed E-state index contributed by atoms with van der Waals surface area (Å²) in [6.07, 6.45) is 3.40. The van der Waals surface area contributed by atoms with Gasteiger partial charge in [-0.05, 0) is 32.1 Å². The number of hydrogen-bond donors (Lipinski definition) is 1. The van der Waals surface area contributed by atoms with Gasteiger partial charge in [0.2, 0.25) is 0 Å². The number of urea groups is 1. The summed E-state index contributed by atoms with van der Waals surface area (Å²) in [6, 6.07) is -0.00106. The molecule has 20 heavy (non-hydrogen) atoms. The second-order valence-electron chi connectivity index (χ2n) is 5.68. The average molecular weight is 284 g/mol. The van der Waals surface area contributed by atoms with Crippen molar-refractivity contribution in [2.24, 2.45) is 0 Å². The van der Waals surface area contributed by atoms with Crippen LogP contribution in [0.5, 0.6) is 0 Å². The lowest BCUT2D eigenvalue weighted by Crippen LogP contribution is -2.57. The van der Waals surface area contributed by atoms with E-state index in [1.165, 1.54) is 0 Å². The molecule has 2 aliphatic heterocycles. The number of ether oxygens (including phenoxy) is 1. The first-order chi connectivity index (χ1) is 9.53. The van der Waals surface area contributed by atoms with Gasteiger partial charge in [-0.15, -0.1) is 0 Å². The van der Waals surface area contributed by atoms with Crippen LogP contribution in [0.4, 0.5) is 4.79 Å². The molecule has 0 radical (unpaired) electrons. The number of aliphatic carboxylic acids is 1. The van der Waals surface area contributed by atoms with Gasteiger partial charge in [-0.2, -0.15) is 0 Å². The molecule has 0 bridgehead atoms. The normalized spacial score (nSPS) is 27.6. The Morgan fingerprint density at radius 2 is 2.05 bits per heavy atom. The molecule has 0 spiro atoms. The number of carboxylic acids is 1. The topological polar surface area (TPSA) is 70.1 Å². The van der Waals surface area contributed by atoms with Crippen LogP contribution >= 0.6 is 0 Å². The highest BCUT2D eigenvalue weighted by Gasteiger charge is 2.49. The van der Waals surface area contributed by atoms with Gasteiger partial charge in [0.25, 0.3) is 0 Å². The Bertz CT molecular complexity index is 381. The fourth-order valence-corrected chi connectivity index (χ4v) is 3.32. The summed E-state index contributed by atoms with van der Waals surface area (Å²) in [5.74, 6) is -0.883. The van der Waals surface area contributed by atoms with Gasteiger partial charge >= 0.3 is 12.0 Å². The van der Waals surface area contributed by atoms with Crippen molar-refractivity contribution in [3.8, 4) is 0 Å². The summed E-state index contributed by atoms with van der Waals surface area (Å²) in [7, 11) is 1.78. The lowest BCUT2D eigenvalue weighted by Gasteiger charge is -2.39. The van der Waals surface area contributed by atoms with E-state index in [9.17, 15) is 14.7 Å². The van der Waals surface area contributed by atoms with Gasteiger partial charge in [0.1, 0.15) is 5.54 Å². The third kappa shape index (κ3) is 2.49. The number of rotatable bonds is 3. The molecule has 114 valence electrons. The minimum Gasteiger partial charge on any atom is -0.479 e. The number of hydrogen-bond acceptors (Lipinski definition) is 3. The standard InChI is InChI=1S/C14H24N2O4/c1-3-14(12(17)18)7-4-8-16(14)13(19)15(2)11-5-9-20-10-6-11/h11H,3-10H2,1-2H3,(H,17,18). The molecular weight excluding hydrogens is 260 g/mol. The molecule has 2 heterocycles. The van der Waals surface area contributed by atoms with Gasteiger partial charge in [-0.3, -0.25) is 0 Å². The van der Waals surface area contributed by atoms with Crippen molar-refractivity contribution in [3.63, 3.8) is 0 Å². The molecule has 0 aromatic rings. The molecule has 1 N–H and O–H groups in total. The van der Waals surface area contributed by atoms with Gasteiger partial charge in [-0.1, -0.05) is 6.92 Å². The molecule has 2 amide bonds. The predicted molar refractivity (Wildman–Crippen MR) is 73.6 cm³/mol. The van der Waals surface area contributed by atoms with Crippen LogP contribution in [0.25, 0.3) is 0 Å². The van der Waals surface area contributed by atoms with Crippen LogP contribution in [0.2, 0.25) is 0 Å². The molecule has 0 aromatic heterocycles. The Morgan fingerprint density at radius 1 is 1.40 bits per heavy atom. The number of likely N-dealkylation sites (tertiary alicyclic amines) is 1. The average Bonchev–Trinajstić information content (AvgIpc) is 2.91. The zero-order valence-corrected chi connectivity index (χ0v) is 12.3. The molecular formula is C14H24N2O4. The Labute approximate surface area is 119 Å². The van der Waals surface area contributed by atoms with Crippen molar-refractivity contribution in [1.29, 1.82) is 0 Å². The van der Waals surface area contributed by atoms with E-state index >= 15 is 0 Å². The highest BCUT2D eigenvalue weighted by molar-refractivity contribution is 5.87. The van der Waals surface area contributed by atoms with Crippen molar-refractivity contribution in [2.45, 2.75) is 50.6 Å². The smallest absolute Gasteiger partial charge is 0.329 e. The summed E-state index contributed by atoms with van der Waals surface area (Å²) in [5.41, 5.74) is -1.02. The summed E-state index contributed by atoms with van der Waals surface area (Å²) in [5, 5.41) is 9.54. The number of amides is 2. The number of nitrogens with zero attached hydrogens (tertiary/aromatic N) is 2. The number of carbonyl (C=O) groups is 2. The largest absolute Gasteiger partial charge is 0.479 e. The molecule has 2 saturated heterocycles. The van der Waals surface area contributed by atoms with Crippen LogP contribution in [-0.4, -0.2) is 65.3 Å². The lowest BCUT2D eigenvalue weighted by molar-refractivity contribution is -0.148. The zero-order valence-electron chi connectivity index (χ0n) is 12.3. The third-order valence-electron chi connectivity index (χ3n) is 4.74. The Hall–Kier alpha value is -1.30. The first kappa shape index (κ1) is 15.1. The molecule has 6 nitrogen and oxygen atoms in total. The van der Waals surface area contributed by atoms with Crippen molar-refractivity contribution in [3.05, 3.63) is 0 Å². The summed E-state index contributed by atoms with van der Waals surface area (Å²) >= 11 is 0. The summed E-state index contributed by atoms with van der Waals surface area (Å²) in [4.78, 5) is 27.6. The van der Waals surface area contributed by atoms with E-state index in [1.807, 2.05) is 6.92 Å². The monoisotopic (exact) mass is 284 g/mol. The highest BCUT2D eigenvalue weighted by Crippen LogP contribution is 2.34. The minimum absolute atomic E-state index is 0.153. The number of carbonyl (C=O) groups excluding carboxylic acids is 1. The van der Waals surface area contributed by atoms with Crippen LogP contribution in [0.3, 0.4) is 0 Å². The molecule has 0 saturated carbocycles. The quantitative estimate of drug-likeness (QED) is 0.853. The van der Waals surface area contributed by atoms with Crippen molar-refractivity contribution in [1.82, 2.24) is 9.80 Å². The van der Waals surface area contributed by atoms with Gasteiger partial charge in [0.15, 0.2) is 0 Å². The fourth-order valence-electron chi connectivity index (χ4n) is 3.32. The van der Waals surface area contributed by atoms with E-state index in [2.05, 4.69) is 0 Å². The highest BCUT2D eigenvalue weighted by atomic mass is 16.5. The van der Waals surface area contributed by atoms with Crippen LogP contribution < -0.4 is 0 Å². The minimum atomic E-state index is -1.02. The first-order valence-electron chi connectivity index (χ1n) is 7.38. The van der Waals surface area contributed by atoms with Crippen LogP contribution in [0.15, 0.2) is 0 Å². The second-order valence-corrected chi connectivity index (χ2v) is 5.68. The maximum atomic E-state index is 12.7. The Kier molecular flexibility index (Phi) is 4.52. The zero-order chi connectivity index (χ0) is 14.8. The fraction of sp³-hybridized carbons (Fsp3) is 0.857. The molecule has 0 aliphatic carbocycles. The third-order valence-corrected chi connectivity index (χ3v) is 4.74. The van der Waals surface area contributed by atoms with Crippen LogP contribution in [0.1, 0.15) is 39.0 Å². The second kappa shape index (κ2) is 5.99.